The number of ketones is 1. The van der Waals surface area contributed by atoms with Gasteiger partial charge >= 0.3 is 0 Å². The van der Waals surface area contributed by atoms with E-state index in [4.69, 9.17) is 4.74 Å². The Kier molecular flexibility index (Phi) is 1.92. The molecule has 5 heteroatoms. The largest absolute Gasteiger partial charge is 0.478 e. The van der Waals surface area contributed by atoms with E-state index in [2.05, 4.69) is 9.97 Å². The smallest absolute Gasteiger partial charge is 0.258 e. The molecule has 0 radical (unpaired) electrons. The van der Waals surface area contributed by atoms with Gasteiger partial charge in [-0.05, 0) is 0 Å². The lowest BCUT2D eigenvalue weighted by atomic mass is 10.3. The molecule has 0 saturated heterocycles. The molecule has 0 bridgehead atoms. The maximum atomic E-state index is 11.1. The summed E-state index contributed by atoms with van der Waals surface area (Å²) in [4.78, 5) is 19.2. The molecular weight excluding hydrogens is 182 g/mol. The number of Topliss-reactive ketones (excluding diaryl/α,β-unsaturated/α-hetero) is 1. The molecule has 0 saturated carbocycles. The average Bonchev–Trinajstić information content (AvgIpc) is 2.63. The van der Waals surface area contributed by atoms with Gasteiger partial charge < -0.3 is 9.14 Å². The Morgan fingerprint density at radius 3 is 3.00 bits per heavy atom. The lowest BCUT2D eigenvalue weighted by Gasteiger charge is -2.03. The van der Waals surface area contributed by atoms with Crippen LogP contribution in [0.1, 0.15) is 17.4 Å². The zero-order chi connectivity index (χ0) is 10.1. The standard InChI is InChI=1S/C9H9N3O2/c1-6(13)7-5-12-4-3-10-8(12)9(11-7)14-2/h3-5H,1-2H3. The quantitative estimate of drug-likeness (QED) is 0.663. The van der Waals surface area contributed by atoms with Gasteiger partial charge in [-0.15, -0.1) is 0 Å². The molecule has 0 unspecified atom stereocenters. The molecule has 2 heterocycles. The molecule has 0 fully saturated rings. The molecule has 0 aliphatic heterocycles. The molecule has 14 heavy (non-hydrogen) atoms. The number of imidazole rings is 1. The fraction of sp³-hybridized carbons (Fsp3) is 0.222. The summed E-state index contributed by atoms with van der Waals surface area (Å²) in [5, 5.41) is 0. The van der Waals surface area contributed by atoms with Crippen molar-refractivity contribution in [1.82, 2.24) is 14.4 Å². The number of carbonyl (C=O) groups is 1. The van der Waals surface area contributed by atoms with Crippen molar-refractivity contribution in [2.75, 3.05) is 7.11 Å². The van der Waals surface area contributed by atoms with Crippen LogP contribution in [0.2, 0.25) is 0 Å². The first-order valence-electron chi connectivity index (χ1n) is 4.11. The van der Waals surface area contributed by atoms with Crippen LogP contribution in [0.5, 0.6) is 5.88 Å². The highest BCUT2D eigenvalue weighted by Gasteiger charge is 2.09. The fourth-order valence-corrected chi connectivity index (χ4v) is 1.21. The van der Waals surface area contributed by atoms with Crippen LogP contribution in [-0.4, -0.2) is 27.3 Å². The Labute approximate surface area is 80.4 Å². The molecule has 0 spiro atoms. The molecule has 0 amide bonds. The molecule has 2 aromatic rings. The van der Waals surface area contributed by atoms with E-state index in [1.165, 1.54) is 14.0 Å². The third-order valence-electron chi connectivity index (χ3n) is 1.90. The first-order chi connectivity index (χ1) is 6.72. The predicted octanol–water partition coefficient (Wildman–Crippen LogP) is 0.940. The number of fused-ring (bicyclic) bond motifs is 1. The summed E-state index contributed by atoms with van der Waals surface area (Å²) < 4.78 is 6.74. The SMILES string of the molecule is COc1nc(C(C)=O)cn2ccnc12. The third-order valence-corrected chi connectivity index (χ3v) is 1.90. The van der Waals surface area contributed by atoms with E-state index >= 15 is 0 Å². The van der Waals surface area contributed by atoms with Gasteiger partial charge in [0.15, 0.2) is 11.4 Å². The van der Waals surface area contributed by atoms with Crippen LogP contribution in [-0.2, 0) is 0 Å². The van der Waals surface area contributed by atoms with Crippen LogP contribution < -0.4 is 4.74 Å². The summed E-state index contributed by atoms with van der Waals surface area (Å²) in [5.74, 6) is 0.265. The molecule has 2 rings (SSSR count). The summed E-state index contributed by atoms with van der Waals surface area (Å²) in [7, 11) is 1.50. The average molecular weight is 191 g/mol. The second-order valence-corrected chi connectivity index (χ2v) is 2.85. The molecule has 0 aliphatic carbocycles. The summed E-state index contributed by atoms with van der Waals surface area (Å²) >= 11 is 0. The second-order valence-electron chi connectivity index (χ2n) is 2.85. The van der Waals surface area contributed by atoms with Crippen LogP contribution in [0.15, 0.2) is 18.6 Å². The van der Waals surface area contributed by atoms with E-state index in [1.54, 1.807) is 23.0 Å². The van der Waals surface area contributed by atoms with Crippen molar-refractivity contribution < 1.29 is 9.53 Å². The fourth-order valence-electron chi connectivity index (χ4n) is 1.21. The molecule has 2 aromatic heterocycles. The van der Waals surface area contributed by atoms with Gasteiger partial charge in [0.2, 0.25) is 0 Å². The van der Waals surface area contributed by atoms with E-state index in [0.29, 0.717) is 17.2 Å². The molecule has 5 nitrogen and oxygen atoms in total. The zero-order valence-corrected chi connectivity index (χ0v) is 7.89. The zero-order valence-electron chi connectivity index (χ0n) is 7.89. The van der Waals surface area contributed by atoms with Crippen molar-refractivity contribution in [3.8, 4) is 5.88 Å². The summed E-state index contributed by atoms with van der Waals surface area (Å²) in [5.41, 5.74) is 0.977. The van der Waals surface area contributed by atoms with Crippen LogP contribution in [0.25, 0.3) is 5.65 Å². The minimum atomic E-state index is -0.0982. The molecule has 0 aromatic carbocycles. The normalized spacial score (nSPS) is 10.4. The maximum Gasteiger partial charge on any atom is 0.258 e. The highest BCUT2D eigenvalue weighted by Crippen LogP contribution is 2.15. The monoisotopic (exact) mass is 191 g/mol. The number of rotatable bonds is 2. The Hall–Kier alpha value is -1.91. The van der Waals surface area contributed by atoms with Gasteiger partial charge in [0, 0.05) is 25.5 Å². The number of methoxy groups -OCH3 is 1. The van der Waals surface area contributed by atoms with Gasteiger partial charge in [-0.25, -0.2) is 9.97 Å². The molecule has 0 aliphatic rings. The summed E-state index contributed by atoms with van der Waals surface area (Å²) in [6.07, 6.45) is 5.00. The van der Waals surface area contributed by atoms with Crippen molar-refractivity contribution in [2.45, 2.75) is 6.92 Å². The maximum absolute atomic E-state index is 11.1. The van der Waals surface area contributed by atoms with E-state index in [9.17, 15) is 4.79 Å². The number of ether oxygens (including phenoxy) is 1. The number of nitrogens with zero attached hydrogens (tertiary/aromatic N) is 3. The van der Waals surface area contributed by atoms with Crippen LogP contribution in [0.3, 0.4) is 0 Å². The van der Waals surface area contributed by atoms with Gasteiger partial charge in [0.05, 0.1) is 7.11 Å². The van der Waals surface area contributed by atoms with Crippen molar-refractivity contribution >= 4 is 11.4 Å². The molecule has 72 valence electrons. The van der Waals surface area contributed by atoms with Gasteiger partial charge in [-0.3, -0.25) is 4.79 Å². The molecular formula is C9H9N3O2. The lowest BCUT2D eigenvalue weighted by molar-refractivity contribution is 0.101. The minimum Gasteiger partial charge on any atom is -0.478 e. The van der Waals surface area contributed by atoms with Crippen LogP contribution >= 0.6 is 0 Å². The Morgan fingerprint density at radius 2 is 2.36 bits per heavy atom. The van der Waals surface area contributed by atoms with E-state index < -0.39 is 0 Å². The summed E-state index contributed by atoms with van der Waals surface area (Å²) in [6, 6.07) is 0. The van der Waals surface area contributed by atoms with Crippen LogP contribution in [0.4, 0.5) is 0 Å². The van der Waals surface area contributed by atoms with Gasteiger partial charge in [0.25, 0.3) is 5.88 Å². The van der Waals surface area contributed by atoms with Gasteiger partial charge in [0.1, 0.15) is 5.69 Å². The Morgan fingerprint density at radius 1 is 1.57 bits per heavy atom. The Balaban J connectivity index is 2.73. The van der Waals surface area contributed by atoms with Gasteiger partial charge in [-0.2, -0.15) is 0 Å². The number of aromatic nitrogens is 3. The third kappa shape index (κ3) is 1.22. The van der Waals surface area contributed by atoms with E-state index in [-0.39, 0.29) is 5.78 Å². The highest BCUT2D eigenvalue weighted by atomic mass is 16.5. The second kappa shape index (κ2) is 3.10. The summed E-state index contributed by atoms with van der Waals surface area (Å²) in [6.45, 7) is 1.46. The van der Waals surface area contributed by atoms with E-state index in [1.807, 2.05) is 0 Å². The lowest BCUT2D eigenvalue weighted by Crippen LogP contribution is -2.02. The van der Waals surface area contributed by atoms with Crippen LogP contribution in [0, 0.1) is 0 Å². The first-order valence-corrected chi connectivity index (χ1v) is 4.11. The number of hydrogen-bond donors (Lipinski definition) is 0. The molecule has 0 atom stereocenters. The van der Waals surface area contributed by atoms with Gasteiger partial charge in [-0.1, -0.05) is 0 Å². The van der Waals surface area contributed by atoms with E-state index in [0.717, 1.165) is 0 Å². The predicted molar refractivity (Wildman–Crippen MR) is 49.5 cm³/mol. The molecule has 0 N–H and O–H groups in total. The number of carbonyl (C=O) groups excluding carboxylic acids is 1. The Bertz CT molecular complexity index is 490. The van der Waals surface area contributed by atoms with Crippen molar-refractivity contribution in [2.24, 2.45) is 0 Å². The highest BCUT2D eigenvalue weighted by molar-refractivity contribution is 5.92. The van der Waals surface area contributed by atoms with Crippen molar-refractivity contribution in [3.05, 3.63) is 24.3 Å². The van der Waals surface area contributed by atoms with Crippen molar-refractivity contribution in [1.29, 1.82) is 0 Å². The number of hydrogen-bond acceptors (Lipinski definition) is 4. The first kappa shape index (κ1) is 8.68. The minimum absolute atomic E-state index is 0.0982. The van der Waals surface area contributed by atoms with Crippen molar-refractivity contribution in [3.63, 3.8) is 0 Å². The topological polar surface area (TPSA) is 56.5 Å².